The van der Waals surface area contributed by atoms with Crippen LogP contribution in [-0.4, -0.2) is 47.4 Å². The van der Waals surface area contributed by atoms with E-state index in [-0.39, 0.29) is 40.0 Å². The van der Waals surface area contributed by atoms with Gasteiger partial charge in [-0.2, -0.15) is 0 Å². The van der Waals surface area contributed by atoms with Gasteiger partial charge in [0.2, 0.25) is 0 Å². The van der Waals surface area contributed by atoms with Gasteiger partial charge in [0.05, 0.1) is 13.2 Å². The van der Waals surface area contributed by atoms with E-state index in [1.165, 1.54) is 77.6 Å². The highest BCUT2D eigenvalue weighted by atomic mass is 32.2. The fraction of sp³-hybridized carbons (Fsp3) is 0.556. The number of aliphatic hydroxyl groups excluding tert-OH is 2. The minimum atomic E-state index is -0.679. The van der Waals surface area contributed by atoms with Crippen LogP contribution in [0.5, 0.6) is 0 Å². The highest BCUT2D eigenvalue weighted by Gasteiger charge is 2.13. The summed E-state index contributed by atoms with van der Waals surface area (Å²) in [5.41, 5.74) is 0. The molecule has 0 aromatic rings. The Morgan fingerprint density at radius 2 is 1.16 bits per heavy atom. The topological polar surface area (TPSA) is 93.1 Å². The van der Waals surface area contributed by atoms with Crippen LogP contribution in [0.15, 0.2) is 0 Å². The number of carbonyl (C=O) groups excluding carboxylic acids is 2. The summed E-state index contributed by atoms with van der Waals surface area (Å²) in [5.74, 6) is 28.6. The maximum absolute atomic E-state index is 11.6. The van der Waals surface area contributed by atoms with Crippen molar-refractivity contribution in [2.24, 2.45) is 0 Å². The molecule has 0 bridgehead atoms. The molecule has 0 aromatic carbocycles. The molecule has 0 aliphatic heterocycles. The normalized spacial score (nSPS) is 9.19. The number of ether oxygens (including phenoxy) is 2. The molecular weight excluding hydrogens is 560 g/mol. The summed E-state index contributed by atoms with van der Waals surface area (Å²) in [5, 5.41) is 20.0. The smallest absolute Gasteiger partial charge is 0.306 e. The van der Waals surface area contributed by atoms with Crippen molar-refractivity contribution in [2.75, 3.05) is 20.0 Å². The lowest BCUT2D eigenvalue weighted by Gasteiger charge is -2.14. The summed E-state index contributed by atoms with van der Waals surface area (Å²) in [6.45, 7) is 2.98. The maximum Gasteiger partial charge on any atom is 0.306 e. The van der Waals surface area contributed by atoms with Gasteiger partial charge in [-0.15, -0.1) is 6.42 Å². The molecule has 0 aliphatic rings. The fourth-order valence-corrected chi connectivity index (χ4v) is 3.53. The Hall–Kier alpha value is -3.71. The van der Waals surface area contributed by atoms with E-state index in [0.29, 0.717) is 6.42 Å². The van der Waals surface area contributed by atoms with Gasteiger partial charge in [-0.25, -0.2) is 0 Å². The largest absolute Gasteiger partial charge is 0.457 e. The third-order valence-electron chi connectivity index (χ3n) is 5.32. The third-order valence-corrected chi connectivity index (χ3v) is 5.82. The zero-order valence-electron chi connectivity index (χ0n) is 25.6. The molecule has 0 aliphatic carbocycles. The number of esters is 1. The lowest BCUT2D eigenvalue weighted by Crippen LogP contribution is -2.27. The van der Waals surface area contributed by atoms with Crippen molar-refractivity contribution < 1.29 is 45.0 Å². The van der Waals surface area contributed by atoms with Crippen LogP contribution in [0, 0.1) is 82.7 Å². The van der Waals surface area contributed by atoms with Gasteiger partial charge in [-0.1, -0.05) is 84.0 Å². The number of hydrogen-bond donors (Lipinski definition) is 2. The summed E-state index contributed by atoms with van der Waals surface area (Å²) in [4.78, 5) is 22.1. The summed E-state index contributed by atoms with van der Waals surface area (Å²) >= 11 is 0.889. The zero-order valence-corrected chi connectivity index (χ0v) is 26.4. The van der Waals surface area contributed by atoms with Gasteiger partial charge in [0, 0.05) is 40.8 Å². The van der Waals surface area contributed by atoms with E-state index in [1.807, 2.05) is 0 Å². The van der Waals surface area contributed by atoms with E-state index in [1.54, 1.807) is 0 Å². The molecule has 0 aromatic heterocycles. The molecule has 0 rings (SSSR count). The van der Waals surface area contributed by atoms with Crippen LogP contribution in [0.2, 0.25) is 0 Å². The Morgan fingerprint density at radius 3 is 1.58 bits per heavy atom. The Labute approximate surface area is 280 Å². The van der Waals surface area contributed by atoms with Gasteiger partial charge in [-0.3, -0.25) is 9.59 Å². The minimum absolute atomic E-state index is 0. The van der Waals surface area contributed by atoms with Crippen molar-refractivity contribution in [3.05, 3.63) is 0 Å². The van der Waals surface area contributed by atoms with E-state index < -0.39 is 12.9 Å². The van der Waals surface area contributed by atoms with Gasteiger partial charge in [0.15, 0.2) is 5.12 Å². The number of unbranched alkanes of at least 4 members (excludes halogenated alkanes) is 12. The van der Waals surface area contributed by atoms with Crippen molar-refractivity contribution >= 4 is 22.8 Å². The summed E-state index contributed by atoms with van der Waals surface area (Å²) in [7, 11) is 0. The lowest BCUT2D eigenvalue weighted by molar-refractivity contribution is -0.157. The van der Waals surface area contributed by atoms with Gasteiger partial charge >= 0.3 is 5.97 Å². The Balaban J connectivity index is -0.0000000484. The molecule has 0 spiro atoms. The zero-order chi connectivity index (χ0) is 32.1. The molecule has 0 amide bonds. The van der Waals surface area contributed by atoms with Crippen molar-refractivity contribution in [1.29, 1.82) is 0 Å². The van der Waals surface area contributed by atoms with Crippen molar-refractivity contribution in [2.45, 2.75) is 110 Å². The van der Waals surface area contributed by atoms with E-state index in [0.717, 1.165) is 24.6 Å². The molecule has 0 unspecified atom stereocenters. The minimum Gasteiger partial charge on any atom is -0.457 e. The molecule has 6 nitrogen and oxygen atoms in total. The SMILES string of the molecule is C#CC#CC#CC#CC#CC#CC#CSC(C)=O.CCCCCCCCCCCCCCCC(=O)O[C@H](CO)COCO.[HH].[HH].[HH].[HH].[HH].[HH].[HH].[HH].[HH].[HH].[HH]. The van der Waals surface area contributed by atoms with Crippen LogP contribution >= 0.6 is 11.8 Å². The average Bonchev–Trinajstić information content (AvgIpc) is 3.00. The van der Waals surface area contributed by atoms with Crippen LogP contribution in [0.1, 0.15) is 119 Å². The Kier molecular flexibility index (Phi) is 35.0. The molecule has 7 heteroatoms. The molecule has 0 saturated carbocycles. The van der Waals surface area contributed by atoms with Crippen LogP contribution in [0.25, 0.3) is 0 Å². The number of thioether (sulfide) groups is 1. The molecule has 1 atom stereocenters. The maximum atomic E-state index is 11.6. The molecule has 252 valence electrons. The molecule has 2 N–H and O–H groups in total. The summed E-state index contributed by atoms with van der Waals surface area (Å²) < 4.78 is 9.81. The quantitative estimate of drug-likeness (QED) is 0.0651. The number of aliphatic hydroxyl groups is 2. The average molecular weight is 627 g/mol. The first-order valence-corrected chi connectivity index (χ1v) is 15.4. The molecule has 43 heavy (non-hydrogen) atoms. The van der Waals surface area contributed by atoms with Crippen LogP contribution < -0.4 is 0 Å². The van der Waals surface area contributed by atoms with Gasteiger partial charge in [0.25, 0.3) is 0 Å². The first kappa shape index (κ1) is 41.4. The summed E-state index contributed by atoms with van der Waals surface area (Å²) in [6, 6.07) is 0. The predicted octanol–water partition coefficient (Wildman–Crippen LogP) is 7.92. The summed E-state index contributed by atoms with van der Waals surface area (Å²) in [6.07, 6.45) is 21.1. The van der Waals surface area contributed by atoms with E-state index in [2.05, 4.69) is 83.2 Å². The molecule has 0 heterocycles. The van der Waals surface area contributed by atoms with Crippen molar-refractivity contribution in [1.82, 2.24) is 0 Å². The van der Waals surface area contributed by atoms with Crippen LogP contribution in [0.4, 0.5) is 0 Å². The van der Waals surface area contributed by atoms with Crippen molar-refractivity contribution in [3.8, 4) is 82.7 Å². The predicted molar refractivity (Wildman–Crippen MR) is 197 cm³/mol. The first-order valence-electron chi connectivity index (χ1n) is 14.6. The third kappa shape index (κ3) is 38.3. The number of terminal acetylenes is 1. The van der Waals surface area contributed by atoms with Gasteiger partial charge < -0.3 is 19.7 Å². The molecule has 0 radical (unpaired) electrons. The van der Waals surface area contributed by atoms with Gasteiger partial charge in [0.1, 0.15) is 12.9 Å². The second kappa shape index (κ2) is 36.3. The van der Waals surface area contributed by atoms with Crippen molar-refractivity contribution in [3.63, 3.8) is 0 Å². The molecule has 0 fully saturated rings. The Bertz CT molecular complexity index is 1220. The molecular formula is C36H66O6S. The monoisotopic (exact) mass is 626 g/mol. The highest BCUT2D eigenvalue weighted by molar-refractivity contribution is 8.17. The van der Waals surface area contributed by atoms with Crippen LogP contribution in [-0.2, 0) is 19.1 Å². The number of hydrogen-bond acceptors (Lipinski definition) is 7. The molecule has 0 saturated heterocycles. The standard InChI is InChI=1S/C20H40O5.C16H4OS.11H2/c1-2-3-4-5-6-7-8-9-10-11-12-13-14-15-20(23)25-19(16-21)17-24-18-22;1-3-4-5-6-7-8-9-10-11-12-13-14-15-18-16(2)17;;;;;;;;;;;/h19,21-22H,2-18H2,1H3;1H,2H3;11*1H/t19-;;;;;;;;;;;;/m1............/s1. The van der Waals surface area contributed by atoms with Crippen LogP contribution in [0.3, 0.4) is 0 Å². The first-order chi connectivity index (χ1) is 21.0. The second-order valence-corrected chi connectivity index (χ2v) is 9.99. The van der Waals surface area contributed by atoms with E-state index in [9.17, 15) is 9.59 Å². The number of carbonyl (C=O) groups is 2. The van der Waals surface area contributed by atoms with E-state index >= 15 is 0 Å². The fourth-order valence-electron chi connectivity index (χ4n) is 3.28. The lowest BCUT2D eigenvalue weighted by atomic mass is 10.0. The van der Waals surface area contributed by atoms with E-state index in [4.69, 9.17) is 26.1 Å². The number of rotatable bonds is 19. The van der Waals surface area contributed by atoms with Gasteiger partial charge in [-0.05, 0) is 82.7 Å². The Morgan fingerprint density at radius 1 is 0.721 bits per heavy atom. The second-order valence-electron chi connectivity index (χ2n) is 9.00. The highest BCUT2D eigenvalue weighted by Crippen LogP contribution is 2.13.